The number of morpholine rings is 1. The molecule has 0 bridgehead atoms. The van der Waals surface area contributed by atoms with E-state index in [2.05, 4.69) is 5.32 Å². The number of furan rings is 1. The molecule has 1 N–H and O–H groups in total. The van der Waals surface area contributed by atoms with Crippen molar-refractivity contribution in [3.05, 3.63) is 59.3 Å². The summed E-state index contributed by atoms with van der Waals surface area (Å²) in [4.78, 5) is 14.5. The molecule has 0 spiro atoms. The smallest absolute Gasteiger partial charge is 0.318 e. The summed E-state index contributed by atoms with van der Waals surface area (Å²) in [5.41, 5.74) is 1.97. The van der Waals surface area contributed by atoms with E-state index in [0.29, 0.717) is 19.7 Å². The number of rotatable bonds is 2. The van der Waals surface area contributed by atoms with Crippen LogP contribution in [-0.4, -0.2) is 30.6 Å². The Morgan fingerprint density at radius 1 is 1.24 bits per heavy atom. The third-order valence-corrected chi connectivity index (χ3v) is 4.95. The number of amides is 2. The largest absolute Gasteiger partial charge is 0.469 e. The molecule has 132 valence electrons. The van der Waals surface area contributed by atoms with Gasteiger partial charge in [0.15, 0.2) is 0 Å². The molecular formula is C19H21FN2O3. The van der Waals surface area contributed by atoms with Gasteiger partial charge in [0.2, 0.25) is 0 Å². The standard InChI is InChI=1S/C19H21FN2O3/c20-14-6-4-13(5-7-14)18-12-22(9-11-25-18)19(23)21-16-2-1-3-17-15(16)8-10-24-17/h4-8,10,16,18H,1-3,9,11-12H2,(H,21,23). The average Bonchev–Trinajstić information content (AvgIpc) is 3.12. The van der Waals surface area contributed by atoms with Crippen molar-refractivity contribution in [3.63, 3.8) is 0 Å². The number of fused-ring (bicyclic) bond motifs is 1. The Morgan fingerprint density at radius 2 is 2.08 bits per heavy atom. The molecule has 2 heterocycles. The number of benzene rings is 1. The van der Waals surface area contributed by atoms with E-state index in [1.165, 1.54) is 12.1 Å². The summed E-state index contributed by atoms with van der Waals surface area (Å²) in [5.74, 6) is 0.699. The Bertz CT molecular complexity index is 743. The molecule has 2 aliphatic rings. The van der Waals surface area contributed by atoms with Gasteiger partial charge < -0.3 is 19.4 Å². The molecule has 4 rings (SSSR count). The highest BCUT2D eigenvalue weighted by Gasteiger charge is 2.29. The van der Waals surface area contributed by atoms with Crippen LogP contribution in [-0.2, 0) is 11.2 Å². The van der Waals surface area contributed by atoms with E-state index in [4.69, 9.17) is 9.15 Å². The lowest BCUT2D eigenvalue weighted by molar-refractivity contribution is -0.0159. The minimum Gasteiger partial charge on any atom is -0.469 e. The highest BCUT2D eigenvalue weighted by molar-refractivity contribution is 5.75. The van der Waals surface area contributed by atoms with Gasteiger partial charge in [-0.2, -0.15) is 0 Å². The molecule has 0 saturated carbocycles. The lowest BCUT2D eigenvalue weighted by Gasteiger charge is -2.34. The molecule has 25 heavy (non-hydrogen) atoms. The summed E-state index contributed by atoms with van der Waals surface area (Å²) < 4.78 is 24.3. The van der Waals surface area contributed by atoms with E-state index in [9.17, 15) is 9.18 Å². The highest BCUT2D eigenvalue weighted by atomic mass is 19.1. The summed E-state index contributed by atoms with van der Waals surface area (Å²) >= 11 is 0. The maximum absolute atomic E-state index is 13.1. The molecule has 1 aliphatic heterocycles. The molecule has 0 radical (unpaired) electrons. The molecule has 1 saturated heterocycles. The molecule has 2 atom stereocenters. The first-order valence-electron chi connectivity index (χ1n) is 8.69. The predicted octanol–water partition coefficient (Wildman–Crippen LogP) is 3.58. The van der Waals surface area contributed by atoms with Crippen LogP contribution in [0.2, 0.25) is 0 Å². The summed E-state index contributed by atoms with van der Waals surface area (Å²) in [6, 6.07) is 8.11. The Morgan fingerprint density at radius 3 is 2.92 bits per heavy atom. The van der Waals surface area contributed by atoms with E-state index in [1.807, 2.05) is 6.07 Å². The van der Waals surface area contributed by atoms with Crippen LogP contribution in [0.3, 0.4) is 0 Å². The molecule has 5 nitrogen and oxygen atoms in total. The van der Waals surface area contributed by atoms with Gasteiger partial charge in [0.05, 0.1) is 25.5 Å². The zero-order valence-corrected chi connectivity index (χ0v) is 13.9. The minimum absolute atomic E-state index is 0.00196. The molecule has 1 fully saturated rings. The van der Waals surface area contributed by atoms with E-state index < -0.39 is 0 Å². The molecule has 6 heteroatoms. The van der Waals surface area contributed by atoms with Crippen molar-refractivity contribution < 1.29 is 18.3 Å². The van der Waals surface area contributed by atoms with Crippen LogP contribution >= 0.6 is 0 Å². The Hall–Kier alpha value is -2.34. The number of hydrogen-bond donors (Lipinski definition) is 1. The van der Waals surface area contributed by atoms with Crippen molar-refractivity contribution in [3.8, 4) is 0 Å². The van der Waals surface area contributed by atoms with Crippen molar-refractivity contribution in [2.75, 3.05) is 19.7 Å². The molecule has 2 unspecified atom stereocenters. The molecule has 2 aromatic rings. The quantitative estimate of drug-likeness (QED) is 0.906. The SMILES string of the molecule is O=C(NC1CCCc2occc21)N1CCOC(c2ccc(F)cc2)C1. The second-order valence-corrected chi connectivity index (χ2v) is 6.55. The number of carbonyl (C=O) groups excluding carboxylic acids is 1. The summed E-state index contributed by atoms with van der Waals surface area (Å²) in [6.45, 7) is 1.48. The number of urea groups is 1. The van der Waals surface area contributed by atoms with Crippen molar-refractivity contribution in [1.29, 1.82) is 0 Å². The number of nitrogens with zero attached hydrogens (tertiary/aromatic N) is 1. The van der Waals surface area contributed by atoms with Gasteiger partial charge in [-0.3, -0.25) is 0 Å². The van der Waals surface area contributed by atoms with Gasteiger partial charge in [0.1, 0.15) is 17.7 Å². The fourth-order valence-electron chi connectivity index (χ4n) is 3.59. The first kappa shape index (κ1) is 16.1. The third kappa shape index (κ3) is 3.39. The van der Waals surface area contributed by atoms with Crippen LogP contribution < -0.4 is 5.32 Å². The van der Waals surface area contributed by atoms with Gasteiger partial charge >= 0.3 is 6.03 Å². The van der Waals surface area contributed by atoms with Crippen molar-refractivity contribution in [2.45, 2.75) is 31.4 Å². The fourth-order valence-corrected chi connectivity index (χ4v) is 3.59. The number of ether oxygens (including phenoxy) is 1. The van der Waals surface area contributed by atoms with Crippen LogP contribution in [0.4, 0.5) is 9.18 Å². The Kier molecular flexibility index (Phi) is 4.44. The number of nitrogens with one attached hydrogen (secondary N) is 1. The first-order chi connectivity index (χ1) is 12.2. The maximum Gasteiger partial charge on any atom is 0.318 e. The first-order valence-corrected chi connectivity index (χ1v) is 8.69. The number of aryl methyl sites for hydroxylation is 1. The van der Waals surface area contributed by atoms with Crippen LogP contribution in [0.15, 0.2) is 41.0 Å². The van der Waals surface area contributed by atoms with Crippen molar-refractivity contribution in [1.82, 2.24) is 10.2 Å². The normalized spacial score (nSPS) is 23.2. The van der Waals surface area contributed by atoms with E-state index in [1.54, 1.807) is 23.3 Å². The van der Waals surface area contributed by atoms with Crippen molar-refractivity contribution >= 4 is 6.03 Å². The summed E-state index contributed by atoms with van der Waals surface area (Å²) in [6.07, 6.45) is 4.32. The average molecular weight is 344 g/mol. The summed E-state index contributed by atoms with van der Waals surface area (Å²) in [5, 5.41) is 3.12. The zero-order chi connectivity index (χ0) is 17.2. The lowest BCUT2D eigenvalue weighted by atomic mass is 9.93. The number of hydrogen-bond acceptors (Lipinski definition) is 3. The van der Waals surface area contributed by atoms with Gasteiger partial charge in [0.25, 0.3) is 0 Å². The Balaban J connectivity index is 1.41. The van der Waals surface area contributed by atoms with Crippen LogP contribution in [0, 0.1) is 5.82 Å². The third-order valence-electron chi connectivity index (χ3n) is 4.95. The second-order valence-electron chi connectivity index (χ2n) is 6.55. The predicted molar refractivity (Wildman–Crippen MR) is 89.6 cm³/mol. The van der Waals surface area contributed by atoms with Gasteiger partial charge in [-0.05, 0) is 36.6 Å². The number of carbonyl (C=O) groups is 1. The molecule has 1 aliphatic carbocycles. The Labute approximate surface area is 145 Å². The number of halogens is 1. The van der Waals surface area contributed by atoms with Crippen LogP contribution in [0.25, 0.3) is 0 Å². The molecule has 1 aromatic carbocycles. The van der Waals surface area contributed by atoms with Gasteiger partial charge in [-0.1, -0.05) is 12.1 Å². The van der Waals surface area contributed by atoms with Crippen LogP contribution in [0.1, 0.15) is 41.9 Å². The molecule has 1 aromatic heterocycles. The topological polar surface area (TPSA) is 54.7 Å². The highest BCUT2D eigenvalue weighted by Crippen LogP contribution is 2.31. The monoisotopic (exact) mass is 344 g/mol. The van der Waals surface area contributed by atoms with Gasteiger partial charge in [-0.25, -0.2) is 9.18 Å². The van der Waals surface area contributed by atoms with Crippen LogP contribution in [0.5, 0.6) is 0 Å². The van der Waals surface area contributed by atoms with E-state index >= 15 is 0 Å². The molecular weight excluding hydrogens is 323 g/mol. The minimum atomic E-state index is -0.276. The van der Waals surface area contributed by atoms with Gasteiger partial charge in [0, 0.05) is 18.5 Å². The fraction of sp³-hybridized carbons (Fsp3) is 0.421. The molecule has 2 amide bonds. The zero-order valence-electron chi connectivity index (χ0n) is 13.9. The summed E-state index contributed by atoms with van der Waals surface area (Å²) in [7, 11) is 0. The van der Waals surface area contributed by atoms with Gasteiger partial charge in [-0.15, -0.1) is 0 Å². The van der Waals surface area contributed by atoms with Crippen molar-refractivity contribution in [2.24, 2.45) is 0 Å². The van der Waals surface area contributed by atoms with E-state index in [-0.39, 0.29) is 24.0 Å². The van der Waals surface area contributed by atoms with E-state index in [0.717, 1.165) is 36.1 Å². The second kappa shape index (κ2) is 6.88. The maximum atomic E-state index is 13.1. The lowest BCUT2D eigenvalue weighted by Crippen LogP contribution is -2.48.